The molecule has 2 rings (SSSR count). The second-order valence-electron chi connectivity index (χ2n) is 2.75. The summed E-state index contributed by atoms with van der Waals surface area (Å²) in [5.41, 5.74) is 7.77. The fraction of sp³-hybridized carbons (Fsp3) is 0.250. The van der Waals surface area contributed by atoms with Crippen molar-refractivity contribution in [3.8, 4) is 0 Å². The lowest BCUT2D eigenvalue weighted by Gasteiger charge is -2.00. The molecule has 1 aromatic carbocycles. The van der Waals surface area contributed by atoms with E-state index in [-0.39, 0.29) is 11.5 Å². The predicted octanol–water partition coefficient (Wildman–Crippen LogP) is 1.01. The van der Waals surface area contributed by atoms with Crippen LogP contribution in [-0.4, -0.2) is 0 Å². The van der Waals surface area contributed by atoms with Crippen LogP contribution in [0.5, 0.6) is 0 Å². The minimum Gasteiger partial charge on any atom is -0.396 e. The number of nitrogen functional groups attached to an aromatic ring is 1. The first-order valence-corrected chi connectivity index (χ1v) is 3.55. The number of nitrogens with one attached hydrogen (secondary N) is 1. The molecule has 0 aliphatic carbocycles. The van der Waals surface area contributed by atoms with Crippen molar-refractivity contribution in [2.75, 3.05) is 5.73 Å². The fourth-order valence-electron chi connectivity index (χ4n) is 1.34. The lowest BCUT2D eigenvalue weighted by Crippen LogP contribution is -1.99. The molecule has 0 amide bonds. The van der Waals surface area contributed by atoms with Crippen LogP contribution in [-0.2, 0) is 13.1 Å². The summed E-state index contributed by atoms with van der Waals surface area (Å²) in [5.74, 6) is -0.313. The van der Waals surface area contributed by atoms with Crippen molar-refractivity contribution in [3.05, 3.63) is 29.1 Å². The molecular weight excluding hydrogens is 143 g/mol. The van der Waals surface area contributed by atoms with Gasteiger partial charge in [-0.3, -0.25) is 0 Å². The van der Waals surface area contributed by atoms with Crippen molar-refractivity contribution in [2.45, 2.75) is 13.1 Å². The Morgan fingerprint density at radius 2 is 1.91 bits per heavy atom. The van der Waals surface area contributed by atoms with Crippen molar-refractivity contribution in [1.82, 2.24) is 5.32 Å². The van der Waals surface area contributed by atoms with Gasteiger partial charge in [-0.1, -0.05) is 0 Å². The summed E-state index contributed by atoms with van der Waals surface area (Å²) in [6, 6.07) is 3.20. The van der Waals surface area contributed by atoms with E-state index < -0.39 is 0 Å². The number of anilines is 1. The van der Waals surface area contributed by atoms with Crippen molar-refractivity contribution in [3.63, 3.8) is 0 Å². The molecule has 3 N–H and O–H groups in total. The molecule has 0 unspecified atom stereocenters. The highest BCUT2D eigenvalue weighted by Crippen LogP contribution is 2.21. The molecule has 0 saturated carbocycles. The van der Waals surface area contributed by atoms with E-state index in [1.165, 1.54) is 6.07 Å². The summed E-state index contributed by atoms with van der Waals surface area (Å²) >= 11 is 0. The van der Waals surface area contributed by atoms with E-state index in [4.69, 9.17) is 5.73 Å². The van der Waals surface area contributed by atoms with Crippen molar-refractivity contribution in [2.24, 2.45) is 0 Å². The van der Waals surface area contributed by atoms with E-state index in [0.29, 0.717) is 0 Å². The Hall–Kier alpha value is -1.09. The predicted molar refractivity (Wildman–Crippen MR) is 41.4 cm³/mol. The first-order valence-electron chi connectivity index (χ1n) is 3.55. The van der Waals surface area contributed by atoms with Gasteiger partial charge in [-0.2, -0.15) is 0 Å². The van der Waals surface area contributed by atoms with Crippen LogP contribution < -0.4 is 11.1 Å². The number of hydrogen-bond donors (Lipinski definition) is 2. The maximum absolute atomic E-state index is 12.8. The van der Waals surface area contributed by atoms with Gasteiger partial charge in [-0.05, 0) is 23.3 Å². The molecule has 2 nitrogen and oxygen atoms in total. The normalized spacial score (nSPS) is 15.0. The van der Waals surface area contributed by atoms with Gasteiger partial charge in [-0.15, -0.1) is 0 Å². The van der Waals surface area contributed by atoms with Gasteiger partial charge in [0.1, 0.15) is 5.82 Å². The zero-order valence-electron chi connectivity index (χ0n) is 6.02. The molecule has 1 aromatic rings. The molecule has 58 valence electrons. The number of hydrogen-bond acceptors (Lipinski definition) is 2. The van der Waals surface area contributed by atoms with Crippen LogP contribution in [0.15, 0.2) is 12.1 Å². The lowest BCUT2D eigenvalue weighted by atomic mass is 10.1. The minimum absolute atomic E-state index is 0.243. The molecule has 3 heteroatoms. The summed E-state index contributed by atoms with van der Waals surface area (Å²) in [4.78, 5) is 0. The fourth-order valence-corrected chi connectivity index (χ4v) is 1.34. The van der Waals surface area contributed by atoms with Gasteiger partial charge in [0.25, 0.3) is 0 Å². The maximum Gasteiger partial charge on any atom is 0.146 e. The minimum atomic E-state index is -0.313. The number of halogens is 1. The van der Waals surface area contributed by atoms with Crippen LogP contribution in [0.1, 0.15) is 11.1 Å². The molecule has 0 aromatic heterocycles. The molecule has 0 spiro atoms. The Labute approximate surface area is 64.2 Å². The van der Waals surface area contributed by atoms with E-state index in [2.05, 4.69) is 5.32 Å². The van der Waals surface area contributed by atoms with Crippen LogP contribution in [0, 0.1) is 5.82 Å². The van der Waals surface area contributed by atoms with Crippen LogP contribution in [0.2, 0.25) is 0 Å². The topological polar surface area (TPSA) is 38.0 Å². The van der Waals surface area contributed by atoms with Crippen molar-refractivity contribution < 1.29 is 4.39 Å². The number of nitrogens with two attached hydrogens (primary N) is 1. The van der Waals surface area contributed by atoms with Crippen LogP contribution >= 0.6 is 0 Å². The summed E-state index contributed by atoms with van der Waals surface area (Å²) in [7, 11) is 0. The number of rotatable bonds is 0. The lowest BCUT2D eigenvalue weighted by molar-refractivity contribution is 0.630. The largest absolute Gasteiger partial charge is 0.396 e. The summed E-state index contributed by atoms with van der Waals surface area (Å²) in [6.07, 6.45) is 0. The third kappa shape index (κ3) is 0.973. The second-order valence-corrected chi connectivity index (χ2v) is 2.75. The van der Waals surface area contributed by atoms with Crippen LogP contribution in [0.4, 0.5) is 10.1 Å². The highest BCUT2D eigenvalue weighted by Gasteiger charge is 2.12. The first-order chi connectivity index (χ1) is 5.27. The molecule has 0 atom stereocenters. The molecule has 0 saturated heterocycles. The average Bonchev–Trinajstić information content (AvgIpc) is 2.36. The maximum atomic E-state index is 12.8. The van der Waals surface area contributed by atoms with Gasteiger partial charge in [0.2, 0.25) is 0 Å². The average molecular weight is 152 g/mol. The van der Waals surface area contributed by atoms with Crippen molar-refractivity contribution >= 4 is 5.69 Å². The van der Waals surface area contributed by atoms with Crippen molar-refractivity contribution in [1.29, 1.82) is 0 Å². The van der Waals surface area contributed by atoms with E-state index in [1.54, 1.807) is 6.07 Å². The summed E-state index contributed by atoms with van der Waals surface area (Å²) in [6.45, 7) is 1.56. The zero-order chi connectivity index (χ0) is 7.84. The second kappa shape index (κ2) is 2.20. The molecule has 0 bridgehead atoms. The smallest absolute Gasteiger partial charge is 0.146 e. The Kier molecular flexibility index (Phi) is 1.32. The highest BCUT2D eigenvalue weighted by atomic mass is 19.1. The van der Waals surface area contributed by atoms with Gasteiger partial charge in [0.05, 0.1) is 5.69 Å². The van der Waals surface area contributed by atoms with Gasteiger partial charge in [-0.25, -0.2) is 4.39 Å². The Balaban J connectivity index is 2.57. The quantitative estimate of drug-likeness (QED) is 0.544. The third-order valence-electron chi connectivity index (χ3n) is 1.95. The summed E-state index contributed by atoms with van der Waals surface area (Å²) in [5, 5.41) is 3.12. The SMILES string of the molecule is Nc1cc2c(cc1F)CNC2. The first kappa shape index (κ1) is 6.61. The molecule has 11 heavy (non-hydrogen) atoms. The van der Waals surface area contributed by atoms with E-state index >= 15 is 0 Å². The van der Waals surface area contributed by atoms with Crippen LogP contribution in [0.3, 0.4) is 0 Å². The third-order valence-corrected chi connectivity index (χ3v) is 1.95. The summed E-state index contributed by atoms with van der Waals surface area (Å²) < 4.78 is 12.8. The van der Waals surface area contributed by atoms with E-state index in [1.807, 2.05) is 0 Å². The monoisotopic (exact) mass is 152 g/mol. The van der Waals surface area contributed by atoms with Crippen LogP contribution in [0.25, 0.3) is 0 Å². The number of benzene rings is 1. The van der Waals surface area contributed by atoms with Gasteiger partial charge in [0, 0.05) is 13.1 Å². The molecule has 0 fully saturated rings. The molecule has 1 aliphatic heterocycles. The molecule has 1 heterocycles. The van der Waals surface area contributed by atoms with E-state index in [9.17, 15) is 4.39 Å². The standard InChI is InChI=1S/C8H9FN2/c9-7-1-5-3-11-4-6(5)2-8(7)10/h1-2,11H,3-4,10H2. The number of fused-ring (bicyclic) bond motifs is 1. The van der Waals surface area contributed by atoms with E-state index in [0.717, 1.165) is 24.2 Å². The molecule has 1 aliphatic rings. The molecular formula is C8H9FN2. The Morgan fingerprint density at radius 1 is 1.27 bits per heavy atom. The highest BCUT2D eigenvalue weighted by molar-refractivity contribution is 5.47. The van der Waals surface area contributed by atoms with Gasteiger partial charge < -0.3 is 11.1 Å². The Morgan fingerprint density at radius 3 is 2.64 bits per heavy atom. The van der Waals surface area contributed by atoms with Gasteiger partial charge in [0.15, 0.2) is 0 Å². The molecule has 0 radical (unpaired) electrons. The van der Waals surface area contributed by atoms with Gasteiger partial charge >= 0.3 is 0 Å². The zero-order valence-corrected chi connectivity index (χ0v) is 6.02. The Bertz CT molecular complexity index is 267.